The van der Waals surface area contributed by atoms with Gasteiger partial charge in [0.2, 0.25) is 0 Å². The Labute approximate surface area is 702 Å². The van der Waals surface area contributed by atoms with Gasteiger partial charge in [-0.2, -0.15) is 20.4 Å². The maximum Gasteiger partial charge on any atom is 0.165 e. The van der Waals surface area contributed by atoms with Crippen LogP contribution in [0.25, 0.3) is 67.1 Å². The number of nitrogens with one attached hydrogen (secondary N) is 4. The van der Waals surface area contributed by atoms with E-state index >= 15 is 0 Å². The molecule has 1 unspecified atom stereocenters. The van der Waals surface area contributed by atoms with Crippen molar-refractivity contribution in [1.82, 2.24) is 97.6 Å². The number of aryl methyl sites for hydroxylation is 4. The van der Waals surface area contributed by atoms with E-state index in [0.29, 0.717) is 55.5 Å². The van der Waals surface area contributed by atoms with Crippen LogP contribution in [0.4, 0.5) is 23.3 Å². The number of anilines is 4. The molecule has 0 amide bonds. The Hall–Kier alpha value is -10.6. The Balaban J connectivity index is 0.000000102. The minimum atomic E-state index is 0.176. The van der Waals surface area contributed by atoms with Crippen LogP contribution in [-0.2, 0) is 0 Å². The van der Waals surface area contributed by atoms with Crippen LogP contribution in [0.15, 0.2) is 147 Å². The van der Waals surface area contributed by atoms with Gasteiger partial charge in [0.05, 0.1) is 42.9 Å². The lowest BCUT2D eigenvalue weighted by Gasteiger charge is -2.45. The summed E-state index contributed by atoms with van der Waals surface area (Å²) in [5, 5.41) is 32.1. The normalized spacial score (nSPS) is 24.9. The average Bonchev–Trinajstić information content (AvgIpc) is 1.62. The number of nitrogens with zero attached hydrogens (tertiary/aromatic N) is 20. The Bertz CT molecular complexity index is 5660. The van der Waals surface area contributed by atoms with Gasteiger partial charge in [0.1, 0.15) is 72.2 Å². The first-order valence-electron chi connectivity index (χ1n) is 43.9. The standard InChI is InChI=1S/C24H30N6O.2C23H28N6O.C22H28N6O/c1-16-3-6-20-11-21(16)22-12-26-30-9-7-23(27-24(22)30)25-8-10-28-13-17(2)29(18-4-5-18)14-19(28)15-31-20;1-16-4-5-19-11-20(16)21-12-25-29-9-6-22(26-23(21)29)24-7-10-28-13-17-3-2-8-27(17)14-18(28)15-30-19;1-16-4-5-18-11-20(16)21-12-25-29-9-6-22(26-23(21)29)24-7-10-27-13-17-3-2-8-28(17)15-19(14-27)30-18;1-15-4-5-18-10-19(15)20-11-24-28-8-6-21(25-22(20)28)23-7-9-27-12-16(2)26(3)13-17(27)14-29-18/h3,6-7,9,11-12,17-19H,4-5,8,10,13-15H2,1-2H3,(H,25,27);4-6,9,11-12,17-18H,2-3,7-8,10,13-15H2,1H3,(H,24,26);4-6,9,11-12,17,19H,2-3,7-8,10,13-15H2,1H3,(H,24,26);4-6,8,10-11,16-17H,7,9,12-14H2,1-3H3,(H,23,25)/t17-,19+;17-,18+;17-,19-;16-,17+/m1101/s1. The molecule has 1 saturated carbocycles. The molecule has 28 heteroatoms. The predicted octanol–water partition coefficient (Wildman–Crippen LogP) is 10.9. The topological polar surface area (TPSA) is 232 Å². The van der Waals surface area contributed by atoms with Gasteiger partial charge in [0.15, 0.2) is 22.6 Å². The molecule has 4 N–H and O–H groups in total. The van der Waals surface area contributed by atoms with Crippen molar-refractivity contribution in [3.63, 3.8) is 0 Å². The van der Waals surface area contributed by atoms with Crippen LogP contribution in [-0.4, -0.2) is 303 Å². The summed E-state index contributed by atoms with van der Waals surface area (Å²) in [4.78, 5) is 40.2. The summed E-state index contributed by atoms with van der Waals surface area (Å²) < 4.78 is 33.0. The van der Waals surface area contributed by atoms with Crippen molar-refractivity contribution in [3.05, 3.63) is 169 Å². The van der Waals surface area contributed by atoms with Crippen molar-refractivity contribution in [3.8, 4) is 67.5 Å². The van der Waals surface area contributed by atoms with Crippen LogP contribution in [0.3, 0.4) is 0 Å². The van der Waals surface area contributed by atoms with Crippen LogP contribution in [0.5, 0.6) is 23.0 Å². The smallest absolute Gasteiger partial charge is 0.165 e. The van der Waals surface area contributed by atoms with Gasteiger partial charge in [-0.05, 0) is 218 Å². The second-order valence-electron chi connectivity index (χ2n) is 35.2. The molecule has 8 aromatic heterocycles. The lowest BCUT2D eigenvalue weighted by Crippen LogP contribution is -2.60. The van der Waals surface area contributed by atoms with Crippen LogP contribution < -0.4 is 40.2 Å². The van der Waals surface area contributed by atoms with Crippen LogP contribution in [0.1, 0.15) is 74.6 Å². The molecule has 6 saturated heterocycles. The molecule has 0 radical (unpaired) electrons. The molecule has 4 aromatic carbocycles. The number of piperazine rings is 3. The van der Waals surface area contributed by atoms with Crippen molar-refractivity contribution in [2.45, 2.75) is 135 Å². The van der Waals surface area contributed by atoms with Gasteiger partial charge in [-0.3, -0.25) is 34.3 Å². The molecule has 1 aliphatic carbocycles. The molecule has 11 aliphatic rings. The zero-order valence-electron chi connectivity index (χ0n) is 70.4. The summed E-state index contributed by atoms with van der Waals surface area (Å²) in [7, 11) is 2.20. The SMILES string of the molecule is Cc1ccc2cc1-c1cnn3ccc(nc13)NCCN1C[C@@H](C)N(C)C[C@H]1CO2.Cc1ccc2cc1-c1cnn3ccc(nc13)NCCN1C[C@@H](C)N(C3CC3)C[C@H]1CO2.Cc1ccc2cc1-c1cnn3ccc(nc13)NCCN1C[C@@H](CN3CCC[C@H]3C1)O2.Cc1ccc2cc1-c1cnn3ccc(nc13)NCCN1C[C@H]3CCCN3C[C@H]1CO2. The zero-order chi connectivity index (χ0) is 81.1. The highest BCUT2D eigenvalue weighted by molar-refractivity contribution is 5.84. The number of hydrogen-bond acceptors (Lipinski definition) is 24. The van der Waals surface area contributed by atoms with Crippen LogP contribution >= 0.6 is 0 Å². The van der Waals surface area contributed by atoms with Crippen molar-refractivity contribution in [2.75, 3.05) is 172 Å². The second kappa shape index (κ2) is 33.8. The Kier molecular flexibility index (Phi) is 22.0. The van der Waals surface area contributed by atoms with E-state index in [1.54, 1.807) is 0 Å². The fraction of sp³-hybridized carbons (Fsp3) is 0.478. The van der Waals surface area contributed by atoms with Gasteiger partial charge >= 0.3 is 0 Å². The molecule has 626 valence electrons. The number of rotatable bonds is 1. The van der Waals surface area contributed by atoms with E-state index in [4.69, 9.17) is 38.9 Å². The molecule has 23 rings (SSSR count). The molecule has 12 aromatic rings. The third-order valence-electron chi connectivity index (χ3n) is 27.0. The Morgan fingerprint density at radius 2 is 0.700 bits per heavy atom. The summed E-state index contributed by atoms with van der Waals surface area (Å²) in [5.74, 6) is 7.27. The van der Waals surface area contributed by atoms with Gasteiger partial charge in [-0.15, -0.1) is 0 Å². The molecule has 0 spiro atoms. The van der Waals surface area contributed by atoms with Crippen molar-refractivity contribution in [1.29, 1.82) is 0 Å². The molecule has 28 nitrogen and oxygen atoms in total. The van der Waals surface area contributed by atoms with Gasteiger partial charge in [-0.1, -0.05) is 24.3 Å². The molecule has 18 bridgehead atoms. The lowest BCUT2D eigenvalue weighted by atomic mass is 10.0. The minimum Gasteiger partial charge on any atom is -0.492 e. The maximum atomic E-state index is 6.59. The summed E-state index contributed by atoms with van der Waals surface area (Å²) in [6, 6.07) is 37.9. The Morgan fingerprint density at radius 1 is 0.333 bits per heavy atom. The van der Waals surface area contributed by atoms with E-state index in [0.717, 1.165) is 237 Å². The third-order valence-corrected chi connectivity index (χ3v) is 27.0. The Morgan fingerprint density at radius 3 is 1.15 bits per heavy atom. The van der Waals surface area contributed by atoms with Crippen molar-refractivity contribution in [2.24, 2.45) is 0 Å². The summed E-state index contributed by atoms with van der Waals surface area (Å²) in [5.41, 5.74) is 16.9. The third kappa shape index (κ3) is 16.5. The molecule has 7 fully saturated rings. The molecular weight excluding hydrogens is 1510 g/mol. The molecule has 10 aliphatic heterocycles. The largest absolute Gasteiger partial charge is 0.492 e. The highest BCUT2D eigenvalue weighted by Gasteiger charge is 2.41. The predicted molar refractivity (Wildman–Crippen MR) is 470 cm³/mol. The first kappa shape index (κ1) is 78.0. The molecule has 18 heterocycles. The highest BCUT2D eigenvalue weighted by atomic mass is 16.5. The first-order valence-corrected chi connectivity index (χ1v) is 43.9. The quantitative estimate of drug-likeness (QED) is 0.120. The van der Waals surface area contributed by atoms with E-state index < -0.39 is 0 Å². The number of likely N-dealkylation sites (N-methyl/N-ethyl adjacent to an activating group) is 1. The van der Waals surface area contributed by atoms with Crippen molar-refractivity contribution < 1.29 is 18.9 Å². The van der Waals surface area contributed by atoms with Gasteiger partial charge in [-0.25, -0.2) is 38.0 Å². The van der Waals surface area contributed by atoms with E-state index in [9.17, 15) is 0 Å². The minimum absolute atomic E-state index is 0.176. The number of benzene rings is 4. The van der Waals surface area contributed by atoms with Gasteiger partial charge < -0.3 is 45.1 Å². The molecular formula is C92H114N24O4. The number of fused-ring (bicyclic) bond motifs is 23. The average molecular weight is 1620 g/mol. The lowest BCUT2D eigenvalue weighted by molar-refractivity contribution is 0.0125. The second-order valence-corrected chi connectivity index (χ2v) is 35.2. The van der Waals surface area contributed by atoms with Gasteiger partial charge in [0.25, 0.3) is 0 Å². The molecule has 120 heavy (non-hydrogen) atoms. The fourth-order valence-electron chi connectivity index (χ4n) is 20.0. The number of aromatic nitrogens is 12. The summed E-state index contributed by atoms with van der Waals surface area (Å²) in [6.45, 7) is 34.7. The van der Waals surface area contributed by atoms with E-state index in [1.807, 2.05) is 91.9 Å². The van der Waals surface area contributed by atoms with Crippen LogP contribution in [0, 0.1) is 27.7 Å². The molecule has 9 atom stereocenters. The van der Waals surface area contributed by atoms with E-state index in [-0.39, 0.29) is 6.10 Å². The number of ether oxygens (including phenoxy) is 4. The van der Waals surface area contributed by atoms with Crippen molar-refractivity contribution >= 4 is 45.9 Å². The van der Waals surface area contributed by atoms with E-state index in [2.05, 4.69) is 202 Å². The number of hydrogen-bond donors (Lipinski definition) is 4. The maximum absolute atomic E-state index is 6.59. The highest BCUT2D eigenvalue weighted by Crippen LogP contribution is 2.39. The van der Waals surface area contributed by atoms with Gasteiger partial charge in [0, 0.05) is 189 Å². The van der Waals surface area contributed by atoms with E-state index in [1.165, 1.54) is 73.9 Å². The first-order chi connectivity index (χ1) is 58.7. The monoisotopic (exact) mass is 1620 g/mol. The van der Waals surface area contributed by atoms with Crippen LogP contribution in [0.2, 0.25) is 0 Å². The fourth-order valence-corrected chi connectivity index (χ4v) is 20.0. The zero-order valence-corrected chi connectivity index (χ0v) is 70.4. The summed E-state index contributed by atoms with van der Waals surface area (Å²) in [6.07, 6.45) is 23.6. The summed E-state index contributed by atoms with van der Waals surface area (Å²) >= 11 is 0.